The summed E-state index contributed by atoms with van der Waals surface area (Å²) in [5.41, 5.74) is 0. The van der Waals surface area contributed by atoms with Crippen molar-refractivity contribution in [1.29, 1.82) is 0 Å². The van der Waals surface area contributed by atoms with E-state index in [1.54, 1.807) is 20.8 Å². The smallest absolute Gasteiger partial charge is 0.161 e. The fourth-order valence-electron chi connectivity index (χ4n) is 0.765. The van der Waals surface area contributed by atoms with Gasteiger partial charge in [0.25, 0.3) is 0 Å². The summed E-state index contributed by atoms with van der Waals surface area (Å²) in [5.74, 6) is -0.166. The Morgan fingerprint density at radius 2 is 1.93 bits per heavy atom. The average molecular weight is 245 g/mol. The number of carbonyl (C=O) groups is 1. The number of aliphatic hydroxyl groups is 1. The van der Waals surface area contributed by atoms with E-state index in [-0.39, 0.29) is 34.0 Å². The van der Waals surface area contributed by atoms with Gasteiger partial charge in [0.2, 0.25) is 0 Å². The van der Waals surface area contributed by atoms with Crippen molar-refractivity contribution in [3.05, 3.63) is 11.8 Å². The zero-order valence-corrected chi connectivity index (χ0v) is 10.0. The van der Waals surface area contributed by atoms with Crippen LogP contribution in [-0.4, -0.2) is 23.6 Å². The Morgan fingerprint density at radius 3 is 2.29 bits per heavy atom. The number of hydrogen-bond donors (Lipinski definition) is 1. The Hall–Kier alpha value is -0.336. The molecule has 0 aliphatic carbocycles. The molecule has 0 aliphatic heterocycles. The summed E-state index contributed by atoms with van der Waals surface area (Å²) < 4.78 is 5.11. The molecule has 3 nitrogen and oxygen atoms in total. The minimum atomic E-state index is -0.396. The van der Waals surface area contributed by atoms with Gasteiger partial charge in [-0.2, -0.15) is 0 Å². The summed E-state index contributed by atoms with van der Waals surface area (Å²) in [6.07, 6.45) is 0.845. The van der Waals surface area contributed by atoms with Crippen molar-refractivity contribution in [2.24, 2.45) is 5.92 Å². The Bertz CT molecular complexity index is 200. The number of ether oxygens (including phenoxy) is 1. The van der Waals surface area contributed by atoms with Gasteiger partial charge in [0, 0.05) is 35.1 Å². The zero-order chi connectivity index (χ0) is 10.4. The van der Waals surface area contributed by atoms with Gasteiger partial charge in [-0.05, 0) is 13.8 Å². The van der Waals surface area contributed by atoms with E-state index in [0.717, 1.165) is 0 Å². The molecule has 0 spiro atoms. The van der Waals surface area contributed by atoms with Crippen molar-refractivity contribution in [3.63, 3.8) is 0 Å². The number of carbonyl (C=O) groups excluding carboxylic acids is 1. The van der Waals surface area contributed by atoms with Gasteiger partial charge in [-0.3, -0.25) is 4.79 Å². The van der Waals surface area contributed by atoms with Crippen LogP contribution < -0.4 is 0 Å². The maximum Gasteiger partial charge on any atom is 0.161 e. The number of ketones is 1. The third-order valence-corrected chi connectivity index (χ3v) is 1.69. The SMILES string of the molecule is CCOC(C)/C(O)=C/C(=O)C(C)C.[Ni]. The van der Waals surface area contributed by atoms with Crippen LogP contribution in [0.2, 0.25) is 0 Å². The van der Waals surface area contributed by atoms with Gasteiger partial charge < -0.3 is 9.84 Å². The molecule has 0 aromatic rings. The maximum atomic E-state index is 11.2. The molecule has 1 N–H and O–H groups in total. The van der Waals surface area contributed by atoms with Crippen LogP contribution in [0.5, 0.6) is 0 Å². The van der Waals surface area contributed by atoms with Crippen molar-refractivity contribution in [1.82, 2.24) is 0 Å². The molecule has 86 valence electrons. The van der Waals surface area contributed by atoms with E-state index in [9.17, 15) is 9.90 Å². The second-order valence-electron chi connectivity index (χ2n) is 3.22. The summed E-state index contributed by atoms with van der Waals surface area (Å²) in [6, 6.07) is 0. The van der Waals surface area contributed by atoms with Crippen LogP contribution in [-0.2, 0) is 26.0 Å². The van der Waals surface area contributed by atoms with E-state index in [2.05, 4.69) is 0 Å². The van der Waals surface area contributed by atoms with Crippen LogP contribution in [0, 0.1) is 5.92 Å². The quantitative estimate of drug-likeness (QED) is 0.458. The first kappa shape index (κ1) is 16.1. The second kappa shape index (κ2) is 8.01. The first-order valence-electron chi connectivity index (χ1n) is 4.55. The molecule has 0 aromatic carbocycles. The standard InChI is InChI=1S/C10H18O3.Ni/c1-5-13-8(4)10(12)6-9(11)7(2)3;/h6-8,12H,5H2,1-4H3;/b10-6-;. The summed E-state index contributed by atoms with van der Waals surface area (Å²) in [5, 5.41) is 9.38. The van der Waals surface area contributed by atoms with E-state index in [4.69, 9.17) is 4.74 Å². The Labute approximate surface area is 95.5 Å². The molecule has 0 heterocycles. The average Bonchev–Trinajstić information content (AvgIpc) is 2.04. The largest absolute Gasteiger partial charge is 0.509 e. The molecule has 1 unspecified atom stereocenters. The molecular weight excluding hydrogens is 227 g/mol. The van der Waals surface area contributed by atoms with Crippen molar-refractivity contribution in [3.8, 4) is 0 Å². The Morgan fingerprint density at radius 1 is 1.43 bits per heavy atom. The summed E-state index contributed by atoms with van der Waals surface area (Å²) in [7, 11) is 0. The third-order valence-electron chi connectivity index (χ3n) is 1.69. The van der Waals surface area contributed by atoms with E-state index in [1.807, 2.05) is 6.92 Å². The molecule has 0 saturated heterocycles. The first-order valence-corrected chi connectivity index (χ1v) is 4.55. The number of rotatable bonds is 5. The summed E-state index contributed by atoms with van der Waals surface area (Å²) in [4.78, 5) is 11.2. The molecule has 0 aliphatic rings. The molecule has 0 radical (unpaired) electrons. The molecule has 0 amide bonds. The fourth-order valence-corrected chi connectivity index (χ4v) is 0.765. The van der Waals surface area contributed by atoms with E-state index >= 15 is 0 Å². The predicted molar refractivity (Wildman–Crippen MR) is 51.6 cm³/mol. The number of allylic oxidation sites excluding steroid dienone is 1. The van der Waals surface area contributed by atoms with Gasteiger partial charge >= 0.3 is 0 Å². The molecule has 0 saturated carbocycles. The van der Waals surface area contributed by atoms with Crippen molar-refractivity contribution >= 4 is 5.78 Å². The molecule has 0 aromatic heterocycles. The van der Waals surface area contributed by atoms with Crippen LogP contribution in [0.4, 0.5) is 0 Å². The fraction of sp³-hybridized carbons (Fsp3) is 0.700. The minimum Gasteiger partial charge on any atom is -0.509 e. The number of hydrogen-bond acceptors (Lipinski definition) is 3. The van der Waals surface area contributed by atoms with Crippen LogP contribution in [0.1, 0.15) is 27.7 Å². The summed E-state index contributed by atoms with van der Waals surface area (Å²) in [6.45, 7) is 7.65. The second-order valence-corrected chi connectivity index (χ2v) is 3.22. The van der Waals surface area contributed by atoms with Gasteiger partial charge in [0.05, 0.1) is 0 Å². The first-order chi connectivity index (χ1) is 5.99. The molecular formula is C10H18NiO3. The molecule has 0 fully saturated rings. The van der Waals surface area contributed by atoms with E-state index in [1.165, 1.54) is 6.08 Å². The third kappa shape index (κ3) is 6.17. The molecule has 4 heteroatoms. The van der Waals surface area contributed by atoms with Gasteiger partial charge in [-0.25, -0.2) is 0 Å². The minimum absolute atomic E-state index is 0. The van der Waals surface area contributed by atoms with Gasteiger partial charge in [-0.15, -0.1) is 0 Å². The molecule has 1 atom stereocenters. The van der Waals surface area contributed by atoms with Crippen molar-refractivity contribution in [2.75, 3.05) is 6.61 Å². The predicted octanol–water partition coefficient (Wildman–Crippen LogP) is 2.08. The summed E-state index contributed by atoms with van der Waals surface area (Å²) >= 11 is 0. The van der Waals surface area contributed by atoms with E-state index < -0.39 is 6.10 Å². The zero-order valence-electron chi connectivity index (χ0n) is 9.02. The van der Waals surface area contributed by atoms with Crippen LogP contribution >= 0.6 is 0 Å². The van der Waals surface area contributed by atoms with Crippen molar-refractivity contribution in [2.45, 2.75) is 33.8 Å². The van der Waals surface area contributed by atoms with Gasteiger partial charge in [0.15, 0.2) is 5.78 Å². The Kier molecular flexibility index (Phi) is 9.22. The van der Waals surface area contributed by atoms with Gasteiger partial charge in [0.1, 0.15) is 11.9 Å². The van der Waals surface area contributed by atoms with Crippen LogP contribution in [0.15, 0.2) is 11.8 Å². The topological polar surface area (TPSA) is 46.5 Å². The molecule has 0 rings (SSSR count). The van der Waals surface area contributed by atoms with Gasteiger partial charge in [-0.1, -0.05) is 13.8 Å². The molecule has 14 heavy (non-hydrogen) atoms. The van der Waals surface area contributed by atoms with Crippen LogP contribution in [0.3, 0.4) is 0 Å². The molecule has 0 bridgehead atoms. The van der Waals surface area contributed by atoms with Crippen LogP contribution in [0.25, 0.3) is 0 Å². The normalized spacial score (nSPS) is 13.6. The Balaban J connectivity index is 0. The van der Waals surface area contributed by atoms with E-state index in [0.29, 0.717) is 6.61 Å². The van der Waals surface area contributed by atoms with Crippen molar-refractivity contribution < 1.29 is 31.1 Å². The monoisotopic (exact) mass is 244 g/mol. The number of aliphatic hydroxyl groups excluding tert-OH is 1. The maximum absolute atomic E-state index is 11.2.